The summed E-state index contributed by atoms with van der Waals surface area (Å²) in [5, 5.41) is 0. The molecule has 9 heavy (non-hydrogen) atoms. The summed E-state index contributed by atoms with van der Waals surface area (Å²) >= 11 is 4.06. The Hall–Kier alpha value is -0.770. The third-order valence-electron chi connectivity index (χ3n) is 0.972. The lowest BCUT2D eigenvalue weighted by atomic mass is 10.5. The molecule has 2 N–H and O–H groups in total. The predicted octanol–water partition coefficient (Wildman–Crippen LogP) is 0.656. The van der Waals surface area contributed by atoms with Gasteiger partial charge in [0, 0.05) is 11.1 Å². The van der Waals surface area contributed by atoms with Crippen LogP contribution in [-0.4, -0.2) is 9.97 Å². The highest BCUT2D eigenvalue weighted by atomic mass is 32.1. The van der Waals surface area contributed by atoms with E-state index in [-0.39, 0.29) is 0 Å². The van der Waals surface area contributed by atoms with Crippen LogP contribution in [-0.2, 0) is 0 Å². The van der Waals surface area contributed by atoms with Gasteiger partial charge in [-0.15, -0.1) is 12.6 Å². The SMILES string of the molecule is Cc1nc(N)ncc1S. The molecule has 0 saturated carbocycles. The van der Waals surface area contributed by atoms with Crippen LogP contribution < -0.4 is 5.73 Å². The van der Waals surface area contributed by atoms with Gasteiger partial charge in [-0.05, 0) is 6.92 Å². The van der Waals surface area contributed by atoms with Gasteiger partial charge in [0.1, 0.15) is 0 Å². The smallest absolute Gasteiger partial charge is 0.220 e. The van der Waals surface area contributed by atoms with Gasteiger partial charge in [-0.25, -0.2) is 9.97 Å². The molecule has 0 unspecified atom stereocenters. The van der Waals surface area contributed by atoms with E-state index in [9.17, 15) is 0 Å². The first kappa shape index (κ1) is 6.35. The molecular weight excluding hydrogens is 134 g/mol. The van der Waals surface area contributed by atoms with Crippen molar-refractivity contribution in [1.82, 2.24) is 9.97 Å². The van der Waals surface area contributed by atoms with E-state index in [1.807, 2.05) is 6.92 Å². The minimum atomic E-state index is 0.297. The van der Waals surface area contributed by atoms with Gasteiger partial charge in [0.15, 0.2) is 0 Å². The quantitative estimate of drug-likeness (QED) is 0.522. The number of hydrogen-bond donors (Lipinski definition) is 2. The summed E-state index contributed by atoms with van der Waals surface area (Å²) in [5.41, 5.74) is 6.08. The summed E-state index contributed by atoms with van der Waals surface area (Å²) in [4.78, 5) is 8.36. The third-order valence-corrected chi connectivity index (χ3v) is 1.41. The van der Waals surface area contributed by atoms with Crippen molar-refractivity contribution in [3.8, 4) is 0 Å². The number of nitrogens with zero attached hydrogens (tertiary/aromatic N) is 2. The number of aryl methyl sites for hydroxylation is 1. The van der Waals surface area contributed by atoms with Gasteiger partial charge in [-0.1, -0.05) is 0 Å². The van der Waals surface area contributed by atoms with Crippen molar-refractivity contribution < 1.29 is 0 Å². The van der Waals surface area contributed by atoms with Gasteiger partial charge < -0.3 is 5.73 Å². The molecule has 1 aromatic heterocycles. The van der Waals surface area contributed by atoms with Crippen LogP contribution in [0.5, 0.6) is 0 Å². The van der Waals surface area contributed by atoms with E-state index in [0.29, 0.717) is 5.95 Å². The zero-order valence-electron chi connectivity index (χ0n) is 5.00. The Morgan fingerprint density at radius 2 is 2.33 bits per heavy atom. The standard InChI is InChI=1S/C5H7N3S/c1-3-4(9)2-7-5(6)8-3/h2,9H,1H3,(H2,6,7,8). The fourth-order valence-electron chi connectivity index (χ4n) is 0.479. The fourth-order valence-corrected chi connectivity index (χ4v) is 0.586. The van der Waals surface area contributed by atoms with Gasteiger partial charge in [0.25, 0.3) is 0 Å². The monoisotopic (exact) mass is 141 g/mol. The van der Waals surface area contributed by atoms with Crippen LogP contribution in [0.1, 0.15) is 5.69 Å². The molecule has 0 radical (unpaired) electrons. The highest BCUT2D eigenvalue weighted by molar-refractivity contribution is 7.80. The summed E-state index contributed by atoms with van der Waals surface area (Å²) in [5.74, 6) is 0.297. The molecule has 1 aromatic rings. The number of nitrogen functional groups attached to an aromatic ring is 1. The molecule has 1 heterocycles. The largest absolute Gasteiger partial charge is 0.368 e. The molecule has 0 amide bonds. The summed E-state index contributed by atoms with van der Waals surface area (Å²) in [7, 11) is 0. The van der Waals surface area contributed by atoms with E-state index in [1.165, 1.54) is 0 Å². The van der Waals surface area contributed by atoms with Crippen LogP contribution in [0.4, 0.5) is 5.95 Å². The molecule has 0 atom stereocenters. The van der Waals surface area contributed by atoms with Crippen molar-refractivity contribution in [2.24, 2.45) is 0 Å². The second-order valence-electron chi connectivity index (χ2n) is 1.70. The van der Waals surface area contributed by atoms with E-state index in [2.05, 4.69) is 22.6 Å². The predicted molar refractivity (Wildman–Crippen MR) is 38.4 cm³/mol. The van der Waals surface area contributed by atoms with Crippen LogP contribution in [0.25, 0.3) is 0 Å². The van der Waals surface area contributed by atoms with Crippen molar-refractivity contribution in [3.05, 3.63) is 11.9 Å². The van der Waals surface area contributed by atoms with Gasteiger partial charge in [0.2, 0.25) is 5.95 Å². The zero-order valence-corrected chi connectivity index (χ0v) is 5.89. The summed E-state index contributed by atoms with van der Waals surface area (Å²) < 4.78 is 0. The molecule has 0 aliphatic heterocycles. The third kappa shape index (κ3) is 1.32. The Bertz CT molecular complexity index is 223. The number of nitrogens with two attached hydrogens (primary N) is 1. The molecule has 0 fully saturated rings. The Morgan fingerprint density at radius 3 is 2.78 bits per heavy atom. The maximum Gasteiger partial charge on any atom is 0.220 e. The van der Waals surface area contributed by atoms with Crippen molar-refractivity contribution in [2.75, 3.05) is 5.73 Å². The lowest BCUT2D eigenvalue weighted by molar-refractivity contribution is 1.05. The number of aromatic nitrogens is 2. The number of anilines is 1. The summed E-state index contributed by atoms with van der Waals surface area (Å²) in [6.45, 7) is 1.83. The highest BCUT2D eigenvalue weighted by Crippen LogP contribution is 2.07. The second-order valence-corrected chi connectivity index (χ2v) is 2.18. The molecule has 1 rings (SSSR count). The Morgan fingerprint density at radius 1 is 1.67 bits per heavy atom. The normalized spacial score (nSPS) is 9.56. The van der Waals surface area contributed by atoms with Gasteiger partial charge in [-0.2, -0.15) is 0 Å². The molecule has 48 valence electrons. The van der Waals surface area contributed by atoms with Gasteiger partial charge in [0.05, 0.1) is 5.69 Å². The Kier molecular flexibility index (Phi) is 1.57. The fraction of sp³-hybridized carbons (Fsp3) is 0.200. The molecule has 0 saturated heterocycles. The maximum atomic E-state index is 5.27. The highest BCUT2D eigenvalue weighted by Gasteiger charge is 1.93. The van der Waals surface area contributed by atoms with E-state index in [4.69, 9.17) is 5.73 Å². The van der Waals surface area contributed by atoms with Crippen LogP contribution >= 0.6 is 12.6 Å². The minimum Gasteiger partial charge on any atom is -0.368 e. The number of thiol groups is 1. The number of rotatable bonds is 0. The van der Waals surface area contributed by atoms with Crippen LogP contribution in [0.2, 0.25) is 0 Å². The van der Waals surface area contributed by atoms with Crippen LogP contribution in [0.3, 0.4) is 0 Å². The van der Waals surface area contributed by atoms with Gasteiger partial charge in [-0.3, -0.25) is 0 Å². The van der Waals surface area contributed by atoms with Crippen molar-refractivity contribution in [1.29, 1.82) is 0 Å². The average Bonchev–Trinajstić information content (AvgIpc) is 1.80. The average molecular weight is 141 g/mol. The van der Waals surface area contributed by atoms with Crippen LogP contribution in [0, 0.1) is 6.92 Å². The molecule has 4 heteroatoms. The van der Waals surface area contributed by atoms with E-state index in [0.717, 1.165) is 10.6 Å². The molecule has 0 aromatic carbocycles. The zero-order chi connectivity index (χ0) is 6.85. The first-order valence-electron chi connectivity index (χ1n) is 2.48. The van der Waals surface area contributed by atoms with Crippen LogP contribution in [0.15, 0.2) is 11.1 Å². The van der Waals surface area contributed by atoms with E-state index >= 15 is 0 Å². The Balaban J connectivity index is 3.17. The lowest BCUT2D eigenvalue weighted by Gasteiger charge is -1.95. The minimum absolute atomic E-state index is 0.297. The van der Waals surface area contributed by atoms with Gasteiger partial charge >= 0.3 is 0 Å². The topological polar surface area (TPSA) is 51.8 Å². The maximum absolute atomic E-state index is 5.27. The van der Waals surface area contributed by atoms with E-state index in [1.54, 1.807) is 6.20 Å². The van der Waals surface area contributed by atoms with E-state index < -0.39 is 0 Å². The lowest BCUT2D eigenvalue weighted by Crippen LogP contribution is -1.95. The first-order valence-corrected chi connectivity index (χ1v) is 2.93. The second kappa shape index (κ2) is 2.23. The first-order chi connectivity index (χ1) is 4.20. The molecule has 0 spiro atoms. The van der Waals surface area contributed by atoms with Crippen molar-refractivity contribution >= 4 is 18.6 Å². The summed E-state index contributed by atoms with van der Waals surface area (Å²) in [6, 6.07) is 0. The molecule has 0 aliphatic rings. The molecular formula is C5H7N3S. The molecule has 3 nitrogen and oxygen atoms in total. The summed E-state index contributed by atoms with van der Waals surface area (Å²) in [6.07, 6.45) is 1.58. The molecule has 0 aliphatic carbocycles. The van der Waals surface area contributed by atoms with Crippen molar-refractivity contribution in [3.63, 3.8) is 0 Å². The molecule has 0 bridgehead atoms. The van der Waals surface area contributed by atoms with Crippen molar-refractivity contribution in [2.45, 2.75) is 11.8 Å². The number of hydrogen-bond acceptors (Lipinski definition) is 4. The Labute approximate surface area is 58.7 Å².